The number of aryl methyl sites for hydroxylation is 1. The Morgan fingerprint density at radius 3 is 1.82 bits per heavy atom. The van der Waals surface area contributed by atoms with E-state index in [1.165, 1.54) is 18.2 Å². The van der Waals surface area contributed by atoms with Crippen LogP contribution in [0.2, 0.25) is 0 Å². The van der Waals surface area contributed by atoms with Crippen molar-refractivity contribution in [1.82, 2.24) is 0 Å². The van der Waals surface area contributed by atoms with Crippen LogP contribution in [-0.4, -0.2) is 13.1 Å². The lowest BCUT2D eigenvalue weighted by Crippen LogP contribution is -2.19. The van der Waals surface area contributed by atoms with Crippen LogP contribution in [0.25, 0.3) is 0 Å². The molecule has 0 heterocycles. The first-order valence-electron chi connectivity index (χ1n) is 7.54. The summed E-state index contributed by atoms with van der Waals surface area (Å²) in [6, 6.07) is 4.32. The van der Waals surface area contributed by atoms with Gasteiger partial charge in [0, 0.05) is 17.5 Å². The van der Waals surface area contributed by atoms with Crippen LogP contribution < -0.4 is 3.07 Å². The molecule has 0 spiro atoms. The van der Waals surface area contributed by atoms with Crippen molar-refractivity contribution in [3.63, 3.8) is 0 Å². The summed E-state index contributed by atoms with van der Waals surface area (Å²) in [5, 5.41) is 0. The number of methoxy groups -OCH3 is 1. The van der Waals surface area contributed by atoms with Gasteiger partial charge in [-0.15, -0.1) is 0 Å². The summed E-state index contributed by atoms with van der Waals surface area (Å²) in [5.41, 5.74) is 3.45. The summed E-state index contributed by atoms with van der Waals surface area (Å²) in [7, 11) is 1.43. The van der Waals surface area contributed by atoms with Crippen molar-refractivity contribution in [2.24, 2.45) is 0 Å². The third-order valence-electron chi connectivity index (χ3n) is 3.69. The average Bonchev–Trinajstić information content (AvgIpc) is 2.41. The van der Waals surface area contributed by atoms with Gasteiger partial charge in [0.15, 0.2) is 23.0 Å². The molecule has 0 saturated heterocycles. The number of hydrogen-bond acceptors (Lipinski definition) is 3. The Bertz CT molecular complexity index is 501. The molecule has 0 N–H and O–H groups in total. The summed E-state index contributed by atoms with van der Waals surface area (Å²) < 4.78 is 10.5. The van der Waals surface area contributed by atoms with E-state index in [1.54, 1.807) is 0 Å². The molecule has 0 bridgehead atoms. The molecule has 22 heavy (non-hydrogen) atoms. The highest BCUT2D eigenvalue weighted by Crippen LogP contribution is 2.41. The summed E-state index contributed by atoms with van der Waals surface area (Å²) >= 11 is 1.96. The minimum atomic E-state index is -0.177. The van der Waals surface area contributed by atoms with E-state index in [9.17, 15) is 4.79 Å². The van der Waals surface area contributed by atoms with E-state index in [0.29, 0.717) is 12.8 Å². The van der Waals surface area contributed by atoms with Gasteiger partial charge in [-0.3, -0.25) is 4.79 Å². The molecule has 0 saturated carbocycles. The van der Waals surface area contributed by atoms with E-state index in [0.717, 1.165) is 11.3 Å². The fourth-order valence-corrected chi connectivity index (χ4v) is 2.85. The maximum absolute atomic E-state index is 11.4. The van der Waals surface area contributed by atoms with Crippen LogP contribution in [0, 0.1) is 0 Å². The molecule has 0 aliphatic rings. The molecule has 1 rings (SSSR count). The minimum absolute atomic E-state index is 0.0260. The smallest absolute Gasteiger partial charge is 0.305 e. The first-order chi connectivity index (χ1) is 10.0. The maximum Gasteiger partial charge on any atom is 0.305 e. The van der Waals surface area contributed by atoms with Crippen molar-refractivity contribution in [2.75, 3.05) is 7.11 Å². The lowest BCUT2D eigenvalue weighted by Gasteiger charge is -2.29. The molecular formula is C18H27IO3. The van der Waals surface area contributed by atoms with Gasteiger partial charge in [-0.1, -0.05) is 53.7 Å². The van der Waals surface area contributed by atoms with Crippen molar-refractivity contribution in [2.45, 2.75) is 65.2 Å². The van der Waals surface area contributed by atoms with Gasteiger partial charge < -0.3 is 7.80 Å². The van der Waals surface area contributed by atoms with Crippen molar-refractivity contribution in [1.29, 1.82) is 0 Å². The molecule has 3 nitrogen and oxygen atoms in total. The molecule has 0 aliphatic carbocycles. The monoisotopic (exact) mass is 418 g/mol. The maximum atomic E-state index is 11.4. The summed E-state index contributed by atoms with van der Waals surface area (Å²) in [5.74, 6) is 0.770. The van der Waals surface area contributed by atoms with E-state index in [4.69, 9.17) is 7.80 Å². The zero-order chi connectivity index (χ0) is 17.1. The number of rotatable bonds is 4. The van der Waals surface area contributed by atoms with Gasteiger partial charge in [-0.05, 0) is 22.8 Å². The number of halogens is 1. The van der Waals surface area contributed by atoms with Gasteiger partial charge in [0.25, 0.3) is 0 Å². The van der Waals surface area contributed by atoms with Crippen molar-refractivity contribution < 1.29 is 12.6 Å². The Labute approximate surface area is 148 Å². The summed E-state index contributed by atoms with van der Waals surface area (Å²) in [6.45, 7) is 13.1. The first-order valence-corrected chi connectivity index (χ1v) is 8.42. The van der Waals surface area contributed by atoms with Crippen molar-refractivity contribution in [3.05, 3.63) is 28.8 Å². The quantitative estimate of drug-likeness (QED) is 0.503. The average molecular weight is 418 g/mol. The van der Waals surface area contributed by atoms with E-state index >= 15 is 0 Å². The Morgan fingerprint density at radius 1 is 1.05 bits per heavy atom. The standard InChI is InChI=1S/C18H27IO3/c1-17(2,3)13-10-12(8-9-15(20)21-7)11-14(16(13)22-19)18(4,5)6/h10-11H,8-9H2,1-7H3. The van der Waals surface area contributed by atoms with Crippen LogP contribution in [-0.2, 0) is 26.8 Å². The summed E-state index contributed by atoms with van der Waals surface area (Å²) in [6.07, 6.45) is 1.08. The second-order valence-electron chi connectivity index (χ2n) is 7.67. The fourth-order valence-electron chi connectivity index (χ4n) is 2.38. The minimum Gasteiger partial charge on any atom is -0.469 e. The normalized spacial score (nSPS) is 12.2. The van der Waals surface area contributed by atoms with Crippen LogP contribution in [0.15, 0.2) is 12.1 Å². The molecule has 1 aromatic rings. The van der Waals surface area contributed by atoms with Gasteiger partial charge >= 0.3 is 5.97 Å². The lowest BCUT2D eigenvalue weighted by atomic mass is 9.78. The number of carbonyl (C=O) groups excluding carboxylic acids is 1. The predicted octanol–water partition coefficient (Wildman–Crippen LogP) is 5.12. The fraction of sp³-hybridized carbons (Fsp3) is 0.611. The molecule has 0 aliphatic heterocycles. The molecule has 0 aromatic heterocycles. The molecular weight excluding hydrogens is 391 g/mol. The highest BCUT2D eigenvalue weighted by atomic mass is 127. The van der Waals surface area contributed by atoms with Gasteiger partial charge in [0.05, 0.1) is 7.11 Å². The highest BCUT2D eigenvalue weighted by molar-refractivity contribution is 14.1. The van der Waals surface area contributed by atoms with Crippen LogP contribution >= 0.6 is 23.0 Å². The van der Waals surface area contributed by atoms with Crippen molar-refractivity contribution >= 4 is 29.0 Å². The molecule has 0 radical (unpaired) electrons. The number of hydrogen-bond donors (Lipinski definition) is 0. The molecule has 0 amide bonds. The molecule has 4 heteroatoms. The van der Waals surface area contributed by atoms with E-state index < -0.39 is 0 Å². The van der Waals surface area contributed by atoms with Crippen molar-refractivity contribution in [3.8, 4) is 5.75 Å². The van der Waals surface area contributed by atoms with Crippen LogP contribution in [0.4, 0.5) is 0 Å². The largest absolute Gasteiger partial charge is 0.469 e. The predicted molar refractivity (Wildman–Crippen MR) is 98.8 cm³/mol. The Kier molecular flexibility index (Phi) is 6.30. The first kappa shape index (κ1) is 19.3. The van der Waals surface area contributed by atoms with Gasteiger partial charge in [-0.2, -0.15) is 0 Å². The van der Waals surface area contributed by atoms with Crippen LogP contribution in [0.3, 0.4) is 0 Å². The topological polar surface area (TPSA) is 35.5 Å². The number of benzene rings is 1. The van der Waals surface area contributed by atoms with E-state index in [1.807, 2.05) is 23.0 Å². The molecule has 0 unspecified atom stereocenters. The number of carbonyl (C=O) groups is 1. The summed E-state index contributed by atoms with van der Waals surface area (Å²) in [4.78, 5) is 11.4. The Morgan fingerprint density at radius 2 is 1.50 bits per heavy atom. The second-order valence-corrected chi connectivity index (χ2v) is 8.11. The molecule has 0 atom stereocenters. The van der Waals surface area contributed by atoms with E-state index in [2.05, 4.69) is 53.7 Å². The zero-order valence-electron chi connectivity index (χ0n) is 14.7. The number of esters is 1. The van der Waals surface area contributed by atoms with Gasteiger partial charge in [0.1, 0.15) is 5.75 Å². The van der Waals surface area contributed by atoms with Gasteiger partial charge in [0.2, 0.25) is 0 Å². The molecule has 124 valence electrons. The lowest BCUT2D eigenvalue weighted by molar-refractivity contribution is -0.140. The van der Waals surface area contributed by atoms with Crippen LogP contribution in [0.5, 0.6) is 5.75 Å². The molecule has 1 aromatic carbocycles. The van der Waals surface area contributed by atoms with E-state index in [-0.39, 0.29) is 16.8 Å². The molecule has 0 fully saturated rings. The van der Waals surface area contributed by atoms with Gasteiger partial charge in [-0.25, -0.2) is 0 Å². The van der Waals surface area contributed by atoms with Crippen LogP contribution in [0.1, 0.15) is 64.7 Å². The third-order valence-corrected chi connectivity index (χ3v) is 4.13. The zero-order valence-corrected chi connectivity index (χ0v) is 16.8. The second kappa shape index (κ2) is 7.20. The number of ether oxygens (including phenoxy) is 1. The Hall–Kier alpha value is -0.780. The Balaban J connectivity index is 3.40. The SMILES string of the molecule is COC(=O)CCc1cc(C(C)(C)C)c(OI)c(C(C)(C)C)c1. The highest BCUT2D eigenvalue weighted by Gasteiger charge is 2.27. The third kappa shape index (κ3) is 4.86.